The normalized spacial score (nSPS) is 13.5. The van der Waals surface area contributed by atoms with E-state index < -0.39 is 32.4 Å². The largest absolute Gasteiger partial charge is 2.00 e. The number of rotatable bonds is 10. The summed E-state index contributed by atoms with van der Waals surface area (Å²) in [6.07, 6.45) is -1.15. The number of anilines is 2. The van der Waals surface area contributed by atoms with Crippen LogP contribution in [0, 0.1) is 0 Å². The Labute approximate surface area is 254 Å². The van der Waals surface area contributed by atoms with Crippen molar-refractivity contribution in [3.63, 3.8) is 0 Å². The third-order valence-electron chi connectivity index (χ3n) is 4.43. The Hall–Kier alpha value is -1.85. The molecule has 0 aromatic heterocycles. The first-order valence-corrected chi connectivity index (χ1v) is 14.8. The summed E-state index contributed by atoms with van der Waals surface area (Å²) in [5, 5.41) is 4.97. The first kappa shape index (κ1) is 37.1. The smallest absolute Gasteiger partial charge is 0.450 e. The van der Waals surface area contributed by atoms with E-state index in [-0.39, 0.29) is 58.2 Å². The number of hydrogen-bond acceptors (Lipinski definition) is 6. The van der Waals surface area contributed by atoms with Gasteiger partial charge in [0, 0.05) is 11.4 Å². The summed E-state index contributed by atoms with van der Waals surface area (Å²) in [7, 11) is -4.12. The van der Waals surface area contributed by atoms with Crippen molar-refractivity contribution in [1.82, 2.24) is 0 Å². The average Bonchev–Trinajstić information content (AvgIpc) is 2.88. The molecule has 2 aromatic rings. The van der Waals surface area contributed by atoms with Crippen molar-refractivity contribution in [2.75, 3.05) is 50.2 Å². The molecule has 17 heteroatoms. The maximum absolute atomic E-state index is 12.0. The molecule has 2 unspecified atom stereocenters. The Morgan fingerprint density at radius 1 is 0.744 bits per heavy atom. The molecule has 0 fully saturated rings. The molecule has 2 amide bonds. The van der Waals surface area contributed by atoms with E-state index in [0.29, 0.717) is 11.4 Å². The van der Waals surface area contributed by atoms with Crippen LogP contribution in [0.3, 0.4) is 0 Å². The molecule has 39 heavy (non-hydrogen) atoms. The van der Waals surface area contributed by atoms with E-state index in [1.807, 2.05) is 7.63 Å². The van der Waals surface area contributed by atoms with Crippen molar-refractivity contribution in [1.29, 1.82) is 0 Å². The molecule has 0 aliphatic carbocycles. The van der Waals surface area contributed by atoms with Gasteiger partial charge in [0.1, 0.15) is 0 Å². The van der Waals surface area contributed by atoms with Crippen LogP contribution in [0.15, 0.2) is 58.3 Å². The summed E-state index contributed by atoms with van der Waals surface area (Å²) in [5.74, 6) is 0. The number of carbonyl (C=O) groups is 2. The number of benzene rings is 2. The second-order valence-electron chi connectivity index (χ2n) is 7.05. The Bertz CT molecular complexity index is 1160. The number of halogens is 2. The van der Waals surface area contributed by atoms with Crippen LogP contribution in [-0.4, -0.2) is 91.6 Å². The molecule has 0 aliphatic rings. The van der Waals surface area contributed by atoms with E-state index in [0.717, 1.165) is 0 Å². The Balaban J connectivity index is 0.000000722. The molecule has 212 valence electrons. The predicted octanol–water partition coefficient (Wildman–Crippen LogP) is 4.58. The third kappa shape index (κ3) is 11.7. The molecule has 2 atom stereocenters. The summed E-state index contributed by atoms with van der Waals surface area (Å²) in [4.78, 5) is 22.7. The molecule has 0 radical (unpaired) electrons. The number of ether oxygens (including phenoxy) is 2. The minimum Gasteiger partial charge on any atom is -0.450 e. The minimum absolute atomic E-state index is 0. The summed E-state index contributed by atoms with van der Waals surface area (Å²) in [5.41, 5.74) is 0.937. The van der Waals surface area contributed by atoms with Crippen molar-refractivity contribution >= 4 is 90.1 Å². The van der Waals surface area contributed by atoms with Crippen molar-refractivity contribution in [3.8, 4) is 0 Å². The fraction of sp³-hybridized carbons (Fsp3) is 0.364. The van der Waals surface area contributed by atoms with E-state index >= 15 is 0 Å². The predicted molar refractivity (Wildman–Crippen MR) is 152 cm³/mol. The van der Waals surface area contributed by atoms with Crippen LogP contribution in [-0.2, 0) is 37.3 Å². The van der Waals surface area contributed by atoms with Crippen LogP contribution in [0.25, 0.3) is 0 Å². The van der Waals surface area contributed by atoms with Crippen molar-refractivity contribution < 1.29 is 43.5 Å². The molecule has 0 heterocycles. The molecular weight excluding hydrogens is 612 g/mol. The molecule has 12 nitrogen and oxygen atoms in total. The molecule has 2 aromatic carbocycles. The zero-order valence-electron chi connectivity index (χ0n) is 21.9. The number of alkyl halides is 2. The summed E-state index contributed by atoms with van der Waals surface area (Å²) in [6, 6.07) is 11.4. The molecule has 0 saturated carbocycles. The van der Waals surface area contributed by atoms with E-state index in [1.54, 1.807) is 13.8 Å². The molecular formula is C22H32Cl2MgN2O10S2+6. The second kappa shape index (κ2) is 17.8. The average molecular weight is 644 g/mol. The fourth-order valence-electron chi connectivity index (χ4n) is 2.44. The van der Waals surface area contributed by atoms with Gasteiger partial charge in [-0.1, -0.05) is 0 Å². The quantitative estimate of drug-likeness (QED) is 0.167. The van der Waals surface area contributed by atoms with Gasteiger partial charge in [-0.15, -0.1) is 8.42 Å². The maximum atomic E-state index is 12.0. The minimum atomic E-state index is -3.42. The zero-order chi connectivity index (χ0) is 28.9. The van der Waals surface area contributed by atoms with Crippen LogP contribution in [0.5, 0.6) is 0 Å². The van der Waals surface area contributed by atoms with E-state index in [4.69, 9.17) is 32.7 Å². The molecule has 4 N–H and O–H groups in total. The first-order chi connectivity index (χ1) is 17.8. The molecule has 2 rings (SSSR count). The molecule has 0 spiro atoms. The van der Waals surface area contributed by atoms with Gasteiger partial charge < -0.3 is 9.47 Å². The van der Waals surface area contributed by atoms with Gasteiger partial charge in [-0.3, -0.25) is 18.3 Å². The van der Waals surface area contributed by atoms with Crippen LogP contribution in [0.4, 0.5) is 21.0 Å². The summed E-state index contributed by atoms with van der Waals surface area (Å²) >= 11 is 11.0. The number of nitrogens with one attached hydrogen (secondary N) is 2. The van der Waals surface area contributed by atoms with Gasteiger partial charge in [0.25, 0.3) is 0 Å². The second-order valence-corrected chi connectivity index (χ2v) is 11.5. The van der Waals surface area contributed by atoms with Gasteiger partial charge in [-0.2, -0.15) is 8.42 Å². The van der Waals surface area contributed by atoms with Crippen molar-refractivity contribution in [2.45, 2.75) is 23.6 Å². The fourth-order valence-corrected chi connectivity index (χ4v) is 5.02. The summed E-state index contributed by atoms with van der Waals surface area (Å²) in [6.45, 7) is 3.93. The summed E-state index contributed by atoms with van der Waals surface area (Å²) < 4.78 is 57.0. The molecule has 0 bridgehead atoms. The number of carbonyl (C=O) groups excluding carboxylic acids is 2. The Morgan fingerprint density at radius 3 is 1.26 bits per heavy atom. The number of hydrogen-bond donors (Lipinski definition) is 2. The molecule has 0 saturated heterocycles. The van der Waals surface area contributed by atoms with Crippen LogP contribution >= 0.6 is 23.2 Å². The van der Waals surface area contributed by atoms with Crippen LogP contribution in [0.2, 0.25) is 0 Å². The van der Waals surface area contributed by atoms with Gasteiger partial charge in [0.2, 0.25) is 12.1 Å². The maximum Gasteiger partial charge on any atom is 2.00 e. The van der Waals surface area contributed by atoms with E-state index in [1.165, 1.54) is 62.8 Å². The third-order valence-corrected chi connectivity index (χ3v) is 8.85. The van der Waals surface area contributed by atoms with Crippen molar-refractivity contribution in [2.24, 2.45) is 0 Å². The zero-order valence-corrected chi connectivity index (χ0v) is 26.4. The van der Waals surface area contributed by atoms with Crippen LogP contribution < -0.4 is 10.6 Å². The van der Waals surface area contributed by atoms with Gasteiger partial charge in [0.05, 0.1) is 13.2 Å². The Morgan fingerprint density at radius 2 is 1.03 bits per heavy atom. The molecule has 0 aliphatic heterocycles. The van der Waals surface area contributed by atoms with Crippen LogP contribution in [0.1, 0.15) is 13.8 Å². The topological polar surface area (TPSA) is 159 Å². The van der Waals surface area contributed by atoms with Gasteiger partial charge in [-0.25, -0.2) is 9.59 Å². The Kier molecular flexibility index (Phi) is 16.9. The standard InChI is InChI=1S/2C11H14ClNO5S.Mg/c2*1-3-17-11(14)13-9-4-6-10(7-5-9)19(15,16)18(2)8-12;/h2*4-7H,3,8H2,1-2H3;/q;;+2/p+4. The SMILES string of the molecule is CCOC(=O)Nc1ccc(S(=O)(=[OH+])[O+](C)CCl)cc1.CCOC(=O)Nc1ccc(S(=O)(=[OH+])[O+](C)CCl)cc1.[Mg+2]. The van der Waals surface area contributed by atoms with Gasteiger partial charge in [-0.05, 0) is 85.6 Å². The monoisotopic (exact) mass is 642 g/mol. The first-order valence-electron chi connectivity index (χ1n) is 10.8. The van der Waals surface area contributed by atoms with Crippen molar-refractivity contribution in [3.05, 3.63) is 48.5 Å². The van der Waals surface area contributed by atoms with E-state index in [2.05, 4.69) is 10.6 Å². The van der Waals surface area contributed by atoms with Gasteiger partial charge >= 0.3 is 55.5 Å². The van der Waals surface area contributed by atoms with Gasteiger partial charge in [0.15, 0.2) is 24.0 Å². The van der Waals surface area contributed by atoms with E-state index in [9.17, 15) is 26.4 Å². The number of amides is 2.